The molecule has 0 aromatic heterocycles. The summed E-state index contributed by atoms with van der Waals surface area (Å²) in [5.74, 6) is 1.32. The van der Waals surface area contributed by atoms with E-state index in [2.05, 4.69) is 19.2 Å². The Bertz CT molecular complexity index is 579. The number of ether oxygens (including phenoxy) is 1. The summed E-state index contributed by atoms with van der Waals surface area (Å²) in [6, 6.07) is 13.4. The molecule has 0 aliphatic heterocycles. The Labute approximate surface area is 136 Å². The van der Waals surface area contributed by atoms with Gasteiger partial charge in [0.05, 0.1) is 12.3 Å². The number of hydrogen-bond acceptors (Lipinski definition) is 2. The molecule has 4 heteroatoms. The van der Waals surface area contributed by atoms with Gasteiger partial charge in [0.2, 0.25) is 0 Å². The van der Waals surface area contributed by atoms with Crippen LogP contribution < -0.4 is 10.1 Å². The first kappa shape index (κ1) is 16.0. The van der Waals surface area contributed by atoms with Gasteiger partial charge in [0.15, 0.2) is 0 Å². The van der Waals surface area contributed by atoms with Crippen LogP contribution >= 0.6 is 23.2 Å². The summed E-state index contributed by atoms with van der Waals surface area (Å²) < 4.78 is 5.82. The quantitative estimate of drug-likeness (QED) is 0.742. The predicted octanol–water partition coefficient (Wildman–Crippen LogP) is 5.64. The first-order valence-corrected chi connectivity index (χ1v) is 7.72. The van der Waals surface area contributed by atoms with Gasteiger partial charge in [-0.15, -0.1) is 0 Å². The van der Waals surface area contributed by atoms with E-state index in [9.17, 15) is 0 Å². The highest BCUT2D eigenvalue weighted by atomic mass is 35.5. The molecule has 2 aromatic carbocycles. The lowest BCUT2D eigenvalue weighted by atomic mass is 10.2. The van der Waals surface area contributed by atoms with E-state index in [4.69, 9.17) is 27.9 Å². The summed E-state index contributed by atoms with van der Waals surface area (Å²) >= 11 is 12.4. The van der Waals surface area contributed by atoms with E-state index in [1.807, 2.05) is 42.5 Å². The number of rotatable bonds is 6. The summed E-state index contributed by atoms with van der Waals surface area (Å²) in [7, 11) is 0. The van der Waals surface area contributed by atoms with Gasteiger partial charge in [0, 0.05) is 22.2 Å². The van der Waals surface area contributed by atoms with Crippen LogP contribution in [0.1, 0.15) is 19.4 Å². The van der Waals surface area contributed by atoms with E-state index in [0.29, 0.717) is 29.1 Å². The molecule has 0 spiro atoms. The predicted molar refractivity (Wildman–Crippen MR) is 90.6 cm³/mol. The molecule has 21 heavy (non-hydrogen) atoms. The van der Waals surface area contributed by atoms with Crippen molar-refractivity contribution in [1.29, 1.82) is 0 Å². The fourth-order valence-electron chi connectivity index (χ4n) is 1.88. The number of anilines is 1. The Morgan fingerprint density at radius 2 is 1.67 bits per heavy atom. The van der Waals surface area contributed by atoms with Crippen LogP contribution in [0.5, 0.6) is 5.75 Å². The van der Waals surface area contributed by atoms with Gasteiger partial charge >= 0.3 is 0 Å². The van der Waals surface area contributed by atoms with E-state index >= 15 is 0 Å². The molecule has 2 rings (SSSR count). The summed E-state index contributed by atoms with van der Waals surface area (Å²) in [4.78, 5) is 0. The minimum absolute atomic E-state index is 0.482. The second kappa shape index (κ2) is 7.58. The van der Waals surface area contributed by atoms with Crippen LogP contribution in [-0.4, -0.2) is 6.61 Å². The molecule has 0 aliphatic rings. The number of halogens is 2. The van der Waals surface area contributed by atoms with Gasteiger partial charge in [0.25, 0.3) is 0 Å². The van der Waals surface area contributed by atoms with Gasteiger partial charge < -0.3 is 10.1 Å². The third kappa shape index (κ3) is 4.55. The van der Waals surface area contributed by atoms with Gasteiger partial charge in [-0.3, -0.25) is 0 Å². The Morgan fingerprint density at radius 1 is 1.00 bits per heavy atom. The third-order valence-electron chi connectivity index (χ3n) is 2.98. The molecule has 0 radical (unpaired) electrons. The highest BCUT2D eigenvalue weighted by molar-refractivity contribution is 6.36. The Hall–Kier alpha value is -1.38. The lowest BCUT2D eigenvalue weighted by molar-refractivity contribution is 0.272. The van der Waals surface area contributed by atoms with Crippen LogP contribution in [0.15, 0.2) is 42.5 Å². The topological polar surface area (TPSA) is 21.3 Å². The van der Waals surface area contributed by atoms with Crippen molar-refractivity contribution in [3.63, 3.8) is 0 Å². The van der Waals surface area contributed by atoms with Crippen molar-refractivity contribution in [3.8, 4) is 5.75 Å². The molecular weight excluding hydrogens is 305 g/mol. The van der Waals surface area contributed by atoms with Crippen molar-refractivity contribution >= 4 is 28.9 Å². The zero-order valence-corrected chi connectivity index (χ0v) is 13.7. The maximum atomic E-state index is 6.18. The maximum absolute atomic E-state index is 6.18. The molecule has 0 bridgehead atoms. The second-order valence-corrected chi connectivity index (χ2v) is 6.07. The van der Waals surface area contributed by atoms with E-state index in [0.717, 1.165) is 17.0 Å². The van der Waals surface area contributed by atoms with Crippen LogP contribution in [0.25, 0.3) is 0 Å². The fraction of sp³-hybridized carbons (Fsp3) is 0.294. The zero-order chi connectivity index (χ0) is 15.2. The Kier molecular flexibility index (Phi) is 5.77. The molecule has 0 saturated heterocycles. The van der Waals surface area contributed by atoms with E-state index in [-0.39, 0.29) is 0 Å². The number of para-hydroxylation sites is 2. The molecule has 0 saturated carbocycles. The highest BCUT2D eigenvalue weighted by Crippen LogP contribution is 2.28. The number of hydrogen-bond donors (Lipinski definition) is 1. The average Bonchev–Trinajstić information content (AvgIpc) is 2.45. The molecule has 0 aliphatic carbocycles. The SMILES string of the molecule is CC(C)COc1ccccc1NCc1c(Cl)cccc1Cl. The first-order chi connectivity index (χ1) is 10.1. The van der Waals surface area contributed by atoms with Crippen LogP contribution in [0.3, 0.4) is 0 Å². The normalized spacial score (nSPS) is 10.7. The lowest BCUT2D eigenvalue weighted by Crippen LogP contribution is -2.07. The van der Waals surface area contributed by atoms with Gasteiger partial charge in [-0.1, -0.05) is 55.2 Å². The number of nitrogens with one attached hydrogen (secondary N) is 1. The minimum atomic E-state index is 0.482. The van der Waals surface area contributed by atoms with Crippen molar-refractivity contribution in [2.45, 2.75) is 20.4 Å². The van der Waals surface area contributed by atoms with Crippen molar-refractivity contribution in [2.75, 3.05) is 11.9 Å². The zero-order valence-electron chi connectivity index (χ0n) is 12.2. The molecular formula is C17H19Cl2NO. The summed E-state index contributed by atoms with van der Waals surface area (Å²) in [6.45, 7) is 5.49. The molecule has 2 aromatic rings. The monoisotopic (exact) mass is 323 g/mol. The molecule has 0 heterocycles. The van der Waals surface area contributed by atoms with Crippen molar-refractivity contribution in [2.24, 2.45) is 5.92 Å². The number of benzene rings is 2. The molecule has 0 atom stereocenters. The first-order valence-electron chi connectivity index (χ1n) is 6.96. The maximum Gasteiger partial charge on any atom is 0.142 e. The second-order valence-electron chi connectivity index (χ2n) is 5.25. The standard InChI is InChI=1S/C17H19Cl2NO/c1-12(2)11-21-17-9-4-3-8-16(17)20-10-13-14(18)6-5-7-15(13)19/h3-9,12,20H,10-11H2,1-2H3. The molecule has 0 unspecified atom stereocenters. The lowest BCUT2D eigenvalue weighted by Gasteiger charge is -2.15. The molecule has 0 amide bonds. The molecule has 1 N–H and O–H groups in total. The van der Waals surface area contributed by atoms with Gasteiger partial charge in [-0.2, -0.15) is 0 Å². The van der Waals surface area contributed by atoms with Crippen molar-refractivity contribution in [1.82, 2.24) is 0 Å². The average molecular weight is 324 g/mol. The molecule has 0 fully saturated rings. The molecule has 112 valence electrons. The van der Waals surface area contributed by atoms with Crippen LogP contribution in [0, 0.1) is 5.92 Å². The smallest absolute Gasteiger partial charge is 0.142 e. The Morgan fingerprint density at radius 3 is 2.33 bits per heavy atom. The van der Waals surface area contributed by atoms with Gasteiger partial charge in [-0.05, 0) is 30.2 Å². The third-order valence-corrected chi connectivity index (χ3v) is 3.68. The van der Waals surface area contributed by atoms with E-state index < -0.39 is 0 Å². The van der Waals surface area contributed by atoms with Gasteiger partial charge in [0.1, 0.15) is 5.75 Å². The van der Waals surface area contributed by atoms with Crippen LogP contribution in [-0.2, 0) is 6.54 Å². The van der Waals surface area contributed by atoms with Crippen LogP contribution in [0.2, 0.25) is 10.0 Å². The fourth-order valence-corrected chi connectivity index (χ4v) is 2.41. The highest BCUT2D eigenvalue weighted by Gasteiger charge is 2.08. The molecule has 2 nitrogen and oxygen atoms in total. The summed E-state index contributed by atoms with van der Waals surface area (Å²) in [6.07, 6.45) is 0. The van der Waals surface area contributed by atoms with E-state index in [1.54, 1.807) is 0 Å². The summed E-state index contributed by atoms with van der Waals surface area (Å²) in [5.41, 5.74) is 1.83. The van der Waals surface area contributed by atoms with Crippen molar-refractivity contribution in [3.05, 3.63) is 58.1 Å². The minimum Gasteiger partial charge on any atom is -0.491 e. The Balaban J connectivity index is 2.09. The van der Waals surface area contributed by atoms with Crippen LogP contribution in [0.4, 0.5) is 5.69 Å². The van der Waals surface area contributed by atoms with Gasteiger partial charge in [-0.25, -0.2) is 0 Å². The largest absolute Gasteiger partial charge is 0.491 e. The van der Waals surface area contributed by atoms with Crippen molar-refractivity contribution < 1.29 is 4.74 Å². The van der Waals surface area contributed by atoms with E-state index in [1.165, 1.54) is 0 Å². The summed E-state index contributed by atoms with van der Waals surface area (Å²) in [5, 5.41) is 4.67.